The highest BCUT2D eigenvalue weighted by atomic mass is 19.4. The highest BCUT2D eigenvalue weighted by Gasteiger charge is 2.56. The minimum atomic E-state index is -4.90. The largest absolute Gasteiger partial charge is 0.391 e. The van der Waals surface area contributed by atoms with Crippen LogP contribution in [-0.2, 0) is 4.79 Å². The zero-order valence-electron chi connectivity index (χ0n) is 13.0. The van der Waals surface area contributed by atoms with Gasteiger partial charge in [-0.2, -0.15) is 26.3 Å². The molecule has 0 radical (unpaired) electrons. The number of alkyl halides is 6. The third-order valence-corrected chi connectivity index (χ3v) is 3.20. The van der Waals surface area contributed by atoms with Crippen LogP contribution < -0.4 is 5.32 Å². The van der Waals surface area contributed by atoms with E-state index in [4.69, 9.17) is 0 Å². The second kappa shape index (κ2) is 7.52. The summed E-state index contributed by atoms with van der Waals surface area (Å²) in [7, 11) is 0. The molecule has 22 heavy (non-hydrogen) atoms. The molecule has 0 aromatic carbocycles. The highest BCUT2D eigenvalue weighted by molar-refractivity contribution is 5.86. The van der Waals surface area contributed by atoms with E-state index in [1.807, 2.05) is 0 Å². The number of likely N-dealkylation sites (N-methyl/N-ethyl adjacent to an activating group) is 1. The van der Waals surface area contributed by atoms with Gasteiger partial charge >= 0.3 is 12.4 Å². The molecule has 9 heteroatoms. The maximum absolute atomic E-state index is 12.9. The molecule has 0 aromatic heterocycles. The number of amides is 1. The normalized spacial score (nSPS) is 13.8. The fourth-order valence-corrected chi connectivity index (χ4v) is 2.48. The van der Waals surface area contributed by atoms with Crippen LogP contribution >= 0.6 is 0 Å². The van der Waals surface area contributed by atoms with E-state index in [2.05, 4.69) is 5.32 Å². The summed E-state index contributed by atoms with van der Waals surface area (Å²) in [6, 6.07) is -0.566. The number of carbonyl (C=O) groups excluding carboxylic acids is 1. The number of nitrogens with one attached hydrogen (secondary N) is 1. The summed E-state index contributed by atoms with van der Waals surface area (Å²) in [5.41, 5.74) is -2.69. The molecule has 3 nitrogen and oxygen atoms in total. The van der Waals surface area contributed by atoms with E-state index in [0.717, 1.165) is 4.90 Å². The number of hydrogen-bond donors (Lipinski definition) is 1. The summed E-state index contributed by atoms with van der Waals surface area (Å²) in [6.45, 7) is 5.60. The summed E-state index contributed by atoms with van der Waals surface area (Å²) in [6.07, 6.45) is -13.5. The van der Waals surface area contributed by atoms with Crippen LogP contribution in [0.4, 0.5) is 26.3 Å². The van der Waals surface area contributed by atoms with Crippen LogP contribution in [0.3, 0.4) is 0 Å². The Morgan fingerprint density at radius 3 is 1.55 bits per heavy atom. The molecule has 0 spiro atoms. The van der Waals surface area contributed by atoms with Gasteiger partial charge in [-0.05, 0) is 26.9 Å². The molecule has 0 saturated heterocycles. The molecule has 0 rings (SSSR count). The number of nitrogens with zero attached hydrogens (tertiary/aromatic N) is 1. The van der Waals surface area contributed by atoms with Crippen molar-refractivity contribution in [3.05, 3.63) is 0 Å². The summed E-state index contributed by atoms with van der Waals surface area (Å²) in [5, 5.41) is 2.20. The van der Waals surface area contributed by atoms with Gasteiger partial charge < -0.3 is 5.32 Å². The second-order valence-corrected chi connectivity index (χ2v) is 5.42. The quantitative estimate of drug-likeness (QED) is 0.722. The molecule has 0 aliphatic carbocycles. The van der Waals surface area contributed by atoms with Crippen molar-refractivity contribution in [1.82, 2.24) is 10.2 Å². The fourth-order valence-electron chi connectivity index (χ4n) is 2.48. The number of rotatable bonds is 7. The van der Waals surface area contributed by atoms with Crippen molar-refractivity contribution in [1.29, 1.82) is 0 Å². The topological polar surface area (TPSA) is 32.3 Å². The minimum Gasteiger partial charge on any atom is -0.352 e. The molecule has 0 aliphatic heterocycles. The summed E-state index contributed by atoms with van der Waals surface area (Å²) >= 11 is 0. The van der Waals surface area contributed by atoms with Gasteiger partial charge in [0, 0.05) is 6.04 Å². The number of hydrogen-bond acceptors (Lipinski definition) is 2. The summed E-state index contributed by atoms with van der Waals surface area (Å²) < 4.78 is 77.3. The van der Waals surface area contributed by atoms with E-state index in [1.54, 1.807) is 0 Å². The average molecular weight is 336 g/mol. The average Bonchev–Trinajstić information content (AvgIpc) is 2.24. The van der Waals surface area contributed by atoms with E-state index < -0.39 is 42.7 Å². The lowest BCUT2D eigenvalue weighted by atomic mass is 9.86. The predicted octanol–water partition coefficient (Wildman–Crippen LogP) is 3.50. The van der Waals surface area contributed by atoms with E-state index in [9.17, 15) is 31.1 Å². The van der Waals surface area contributed by atoms with Crippen molar-refractivity contribution in [2.24, 2.45) is 0 Å². The zero-order valence-corrected chi connectivity index (χ0v) is 13.0. The minimum absolute atomic E-state index is 0.103. The number of halogens is 6. The van der Waals surface area contributed by atoms with Crippen LogP contribution in [0, 0.1) is 0 Å². The van der Waals surface area contributed by atoms with Crippen molar-refractivity contribution in [2.75, 3.05) is 13.1 Å². The van der Waals surface area contributed by atoms with Crippen LogP contribution in [0.25, 0.3) is 0 Å². The van der Waals surface area contributed by atoms with Gasteiger partial charge in [0.2, 0.25) is 5.91 Å². The van der Waals surface area contributed by atoms with Crippen molar-refractivity contribution in [2.45, 2.75) is 64.5 Å². The molecule has 0 atom stereocenters. The molecule has 132 valence electrons. The van der Waals surface area contributed by atoms with Crippen LogP contribution in [0.15, 0.2) is 0 Å². The van der Waals surface area contributed by atoms with Gasteiger partial charge in [-0.15, -0.1) is 0 Å². The van der Waals surface area contributed by atoms with Crippen molar-refractivity contribution in [3.63, 3.8) is 0 Å². The van der Waals surface area contributed by atoms with Crippen molar-refractivity contribution >= 4 is 5.91 Å². The Balaban J connectivity index is 5.94. The molecule has 0 fully saturated rings. The van der Waals surface area contributed by atoms with Crippen LogP contribution in [0.1, 0.15) is 40.5 Å². The molecule has 0 aromatic rings. The smallest absolute Gasteiger partial charge is 0.352 e. The zero-order chi connectivity index (χ0) is 17.8. The third kappa shape index (κ3) is 6.41. The molecule has 0 unspecified atom stereocenters. The molecule has 0 saturated carbocycles. The molecule has 0 bridgehead atoms. The first-order valence-electron chi connectivity index (χ1n) is 6.97. The van der Waals surface area contributed by atoms with Gasteiger partial charge in [0.25, 0.3) is 0 Å². The lowest BCUT2D eigenvalue weighted by Crippen LogP contribution is -2.63. The van der Waals surface area contributed by atoms with E-state index >= 15 is 0 Å². The van der Waals surface area contributed by atoms with Crippen LogP contribution in [-0.4, -0.2) is 47.8 Å². The molecule has 1 amide bonds. The molecular weight excluding hydrogens is 314 g/mol. The first-order valence-corrected chi connectivity index (χ1v) is 6.97. The van der Waals surface area contributed by atoms with Gasteiger partial charge in [0.1, 0.15) is 5.54 Å². The van der Waals surface area contributed by atoms with Crippen molar-refractivity contribution < 1.29 is 31.1 Å². The second-order valence-electron chi connectivity index (χ2n) is 5.42. The first-order chi connectivity index (χ1) is 9.77. The molecule has 0 aliphatic rings. The Morgan fingerprint density at radius 1 is 0.955 bits per heavy atom. The van der Waals surface area contributed by atoms with Gasteiger partial charge in [0.15, 0.2) is 0 Å². The monoisotopic (exact) mass is 336 g/mol. The van der Waals surface area contributed by atoms with Crippen LogP contribution in [0.2, 0.25) is 0 Å². The Hall–Kier alpha value is -0.990. The Labute approximate surface area is 126 Å². The van der Waals surface area contributed by atoms with Gasteiger partial charge in [0.05, 0.1) is 12.8 Å². The third-order valence-electron chi connectivity index (χ3n) is 3.20. The Morgan fingerprint density at radius 2 is 1.32 bits per heavy atom. The lowest BCUT2D eigenvalue weighted by molar-refractivity contribution is -0.204. The van der Waals surface area contributed by atoms with E-state index in [0.29, 0.717) is 0 Å². The molecular formula is C13H22F6N2O. The molecule has 0 heterocycles. The van der Waals surface area contributed by atoms with Gasteiger partial charge in [-0.1, -0.05) is 13.8 Å². The maximum atomic E-state index is 12.9. The predicted molar refractivity (Wildman–Crippen MR) is 70.3 cm³/mol. The fraction of sp³-hybridized carbons (Fsp3) is 0.923. The van der Waals surface area contributed by atoms with E-state index in [1.165, 1.54) is 27.7 Å². The molecule has 1 N–H and O–H groups in total. The van der Waals surface area contributed by atoms with Crippen molar-refractivity contribution in [3.8, 4) is 0 Å². The SMILES string of the molecule is CCN(CC)C(CC(F)(F)F)(CC(F)(F)F)C(=O)NC(C)C. The van der Waals surface area contributed by atoms with Crippen LogP contribution in [0.5, 0.6) is 0 Å². The highest BCUT2D eigenvalue weighted by Crippen LogP contribution is 2.40. The number of carbonyl (C=O) groups is 1. The summed E-state index contributed by atoms with van der Waals surface area (Å²) in [5.74, 6) is -1.25. The first kappa shape index (κ1) is 21.0. The van der Waals surface area contributed by atoms with E-state index in [-0.39, 0.29) is 13.1 Å². The van der Waals surface area contributed by atoms with Gasteiger partial charge in [-0.3, -0.25) is 9.69 Å². The lowest BCUT2D eigenvalue weighted by Gasteiger charge is -2.43. The summed E-state index contributed by atoms with van der Waals surface area (Å²) in [4.78, 5) is 13.2. The van der Waals surface area contributed by atoms with Gasteiger partial charge in [-0.25, -0.2) is 0 Å². The Bertz CT molecular complexity index is 345. The Kier molecular flexibility index (Phi) is 7.18. The maximum Gasteiger partial charge on any atom is 0.391 e. The standard InChI is InChI=1S/C13H22F6N2O/c1-5-21(6-2)11(7-12(14,15)16,8-13(17,18)19)10(22)20-9(3)4/h9H,5-8H2,1-4H3,(H,20,22).